The summed E-state index contributed by atoms with van der Waals surface area (Å²) in [7, 11) is 0. The first-order valence-electron chi connectivity index (χ1n) is 5.07. The van der Waals surface area contributed by atoms with Crippen LogP contribution in [0.15, 0.2) is 37.9 Å². The molecule has 7 heteroatoms. The van der Waals surface area contributed by atoms with Crippen molar-refractivity contribution in [2.45, 2.75) is 0 Å². The molecule has 0 bridgehead atoms. The Labute approximate surface area is 129 Å². The SMILES string of the molecule is O=C(O)c1ccccc1NC(=O)c1cc(Br)sc1Br. The van der Waals surface area contributed by atoms with Crippen molar-refractivity contribution in [3.63, 3.8) is 0 Å². The van der Waals surface area contributed by atoms with Gasteiger partial charge >= 0.3 is 5.97 Å². The summed E-state index contributed by atoms with van der Waals surface area (Å²) in [6, 6.07) is 7.94. The number of hydrogen-bond acceptors (Lipinski definition) is 3. The first kappa shape index (κ1) is 14.2. The predicted molar refractivity (Wildman–Crippen MR) is 81.1 cm³/mol. The van der Waals surface area contributed by atoms with Gasteiger partial charge in [0, 0.05) is 0 Å². The quantitative estimate of drug-likeness (QED) is 0.804. The first-order chi connectivity index (χ1) is 8.99. The molecule has 0 unspecified atom stereocenters. The van der Waals surface area contributed by atoms with Crippen LogP contribution in [0.25, 0.3) is 0 Å². The van der Waals surface area contributed by atoms with E-state index >= 15 is 0 Å². The van der Waals surface area contributed by atoms with E-state index < -0.39 is 5.97 Å². The summed E-state index contributed by atoms with van der Waals surface area (Å²) in [5.41, 5.74) is 0.785. The highest BCUT2D eigenvalue weighted by molar-refractivity contribution is 9.12. The Morgan fingerprint density at radius 1 is 1.16 bits per heavy atom. The maximum Gasteiger partial charge on any atom is 0.337 e. The smallest absolute Gasteiger partial charge is 0.337 e. The first-order valence-corrected chi connectivity index (χ1v) is 7.48. The molecule has 19 heavy (non-hydrogen) atoms. The molecule has 1 aromatic heterocycles. The van der Waals surface area contributed by atoms with Crippen molar-refractivity contribution in [3.05, 3.63) is 49.0 Å². The standard InChI is InChI=1S/C12H7Br2NO3S/c13-9-5-7(10(14)19-9)11(16)15-8-4-2-1-3-6(8)12(17)18/h1-5H,(H,15,16)(H,17,18). The fourth-order valence-corrected chi connectivity index (χ4v) is 4.26. The lowest BCUT2D eigenvalue weighted by atomic mass is 10.1. The molecule has 1 aromatic carbocycles. The zero-order chi connectivity index (χ0) is 14.0. The Bertz CT molecular complexity index is 654. The molecule has 0 aliphatic carbocycles. The van der Waals surface area contributed by atoms with Crippen LogP contribution >= 0.6 is 43.2 Å². The summed E-state index contributed by atoms with van der Waals surface area (Å²) < 4.78 is 1.50. The molecule has 2 N–H and O–H groups in total. The van der Waals surface area contributed by atoms with Crippen LogP contribution in [-0.2, 0) is 0 Å². The Kier molecular flexibility index (Phi) is 4.38. The summed E-state index contributed by atoms with van der Waals surface area (Å²) in [5, 5.41) is 11.6. The number of hydrogen-bond donors (Lipinski definition) is 2. The number of nitrogens with one attached hydrogen (secondary N) is 1. The topological polar surface area (TPSA) is 66.4 Å². The molecule has 0 aliphatic rings. The minimum atomic E-state index is -1.08. The normalized spacial score (nSPS) is 10.2. The molecule has 0 aliphatic heterocycles. The Balaban J connectivity index is 2.29. The van der Waals surface area contributed by atoms with Crippen LogP contribution in [0.3, 0.4) is 0 Å². The van der Waals surface area contributed by atoms with Crippen molar-refractivity contribution < 1.29 is 14.7 Å². The third-order valence-corrected chi connectivity index (χ3v) is 4.65. The van der Waals surface area contributed by atoms with Gasteiger partial charge in [0.2, 0.25) is 0 Å². The molecule has 0 saturated carbocycles. The lowest BCUT2D eigenvalue weighted by Crippen LogP contribution is -2.14. The maximum atomic E-state index is 12.1. The van der Waals surface area contributed by atoms with E-state index in [9.17, 15) is 9.59 Å². The summed E-state index contributed by atoms with van der Waals surface area (Å²) in [6.07, 6.45) is 0. The number of thiophene rings is 1. The molecule has 1 heterocycles. The number of carbonyl (C=O) groups excluding carboxylic acids is 1. The Hall–Kier alpha value is -1.18. The van der Waals surface area contributed by atoms with Gasteiger partial charge in [-0.1, -0.05) is 12.1 Å². The highest BCUT2D eigenvalue weighted by Crippen LogP contribution is 2.32. The molecule has 2 rings (SSSR count). The number of amides is 1. The third kappa shape index (κ3) is 3.23. The number of rotatable bonds is 3. The van der Waals surface area contributed by atoms with E-state index in [2.05, 4.69) is 37.2 Å². The third-order valence-electron chi connectivity index (χ3n) is 2.31. The maximum absolute atomic E-state index is 12.1. The molecule has 98 valence electrons. The van der Waals surface area contributed by atoms with Crippen LogP contribution in [0.4, 0.5) is 5.69 Å². The van der Waals surface area contributed by atoms with Crippen molar-refractivity contribution in [2.75, 3.05) is 5.32 Å². The van der Waals surface area contributed by atoms with Crippen LogP contribution in [0.2, 0.25) is 0 Å². The summed E-state index contributed by atoms with van der Waals surface area (Å²) in [5.74, 6) is -1.44. The average molecular weight is 405 g/mol. The molecule has 0 saturated heterocycles. The molecule has 0 spiro atoms. The van der Waals surface area contributed by atoms with Gasteiger partial charge in [-0.25, -0.2) is 4.79 Å². The van der Waals surface area contributed by atoms with Crippen LogP contribution in [0.1, 0.15) is 20.7 Å². The van der Waals surface area contributed by atoms with Gasteiger partial charge in [-0.05, 0) is 50.1 Å². The van der Waals surface area contributed by atoms with Gasteiger partial charge in [0.25, 0.3) is 5.91 Å². The number of anilines is 1. The van der Waals surface area contributed by atoms with Crippen molar-refractivity contribution in [1.29, 1.82) is 0 Å². The highest BCUT2D eigenvalue weighted by atomic mass is 79.9. The highest BCUT2D eigenvalue weighted by Gasteiger charge is 2.16. The molecular weight excluding hydrogens is 398 g/mol. The summed E-state index contributed by atoms with van der Waals surface area (Å²) >= 11 is 7.95. The van der Waals surface area contributed by atoms with Gasteiger partial charge in [0.05, 0.1) is 24.4 Å². The molecule has 0 radical (unpaired) electrons. The van der Waals surface area contributed by atoms with Crippen molar-refractivity contribution >= 4 is 60.8 Å². The van der Waals surface area contributed by atoms with Gasteiger partial charge in [-0.2, -0.15) is 0 Å². The minimum Gasteiger partial charge on any atom is -0.478 e. The fourth-order valence-electron chi connectivity index (χ4n) is 1.46. The lowest BCUT2D eigenvalue weighted by molar-refractivity contribution is 0.0698. The molecular formula is C12H7Br2NO3S. The van der Waals surface area contributed by atoms with E-state index in [1.807, 2.05) is 0 Å². The number of para-hydroxylation sites is 1. The van der Waals surface area contributed by atoms with E-state index in [1.165, 1.54) is 17.4 Å². The van der Waals surface area contributed by atoms with Gasteiger partial charge in [-0.15, -0.1) is 11.3 Å². The number of aromatic carboxylic acids is 1. The van der Waals surface area contributed by atoms with E-state index in [0.29, 0.717) is 9.35 Å². The van der Waals surface area contributed by atoms with Crippen LogP contribution in [0.5, 0.6) is 0 Å². The molecule has 0 fully saturated rings. The van der Waals surface area contributed by atoms with Gasteiger partial charge < -0.3 is 10.4 Å². The van der Waals surface area contributed by atoms with Crippen LogP contribution in [0, 0.1) is 0 Å². The second-order valence-electron chi connectivity index (χ2n) is 3.54. The number of carbonyl (C=O) groups is 2. The Morgan fingerprint density at radius 2 is 1.84 bits per heavy atom. The van der Waals surface area contributed by atoms with Gasteiger partial charge in [-0.3, -0.25) is 4.79 Å². The molecule has 2 aromatic rings. The second kappa shape index (κ2) is 5.85. The van der Waals surface area contributed by atoms with Crippen molar-refractivity contribution in [2.24, 2.45) is 0 Å². The second-order valence-corrected chi connectivity index (χ2v) is 7.29. The van der Waals surface area contributed by atoms with Crippen LogP contribution < -0.4 is 5.32 Å². The summed E-state index contributed by atoms with van der Waals surface area (Å²) in [6.45, 7) is 0. The molecule has 4 nitrogen and oxygen atoms in total. The van der Waals surface area contributed by atoms with Gasteiger partial charge in [0.1, 0.15) is 0 Å². The number of benzene rings is 1. The summed E-state index contributed by atoms with van der Waals surface area (Å²) in [4.78, 5) is 23.1. The van der Waals surface area contributed by atoms with E-state index in [-0.39, 0.29) is 17.2 Å². The van der Waals surface area contributed by atoms with Crippen LogP contribution in [-0.4, -0.2) is 17.0 Å². The zero-order valence-electron chi connectivity index (χ0n) is 9.31. The average Bonchev–Trinajstić information content (AvgIpc) is 2.69. The predicted octanol–water partition coefficient (Wildman–Crippen LogP) is 4.22. The molecule has 0 atom stereocenters. The molecule has 1 amide bonds. The van der Waals surface area contributed by atoms with E-state index in [0.717, 1.165) is 3.79 Å². The lowest BCUT2D eigenvalue weighted by Gasteiger charge is -2.07. The number of carboxylic acids is 1. The largest absolute Gasteiger partial charge is 0.478 e. The zero-order valence-corrected chi connectivity index (χ0v) is 13.3. The minimum absolute atomic E-state index is 0.0567. The number of carboxylic acid groups (broad SMARTS) is 1. The van der Waals surface area contributed by atoms with E-state index in [4.69, 9.17) is 5.11 Å². The number of halogens is 2. The van der Waals surface area contributed by atoms with E-state index in [1.54, 1.807) is 24.3 Å². The van der Waals surface area contributed by atoms with Crippen molar-refractivity contribution in [3.8, 4) is 0 Å². The van der Waals surface area contributed by atoms with Crippen molar-refractivity contribution in [1.82, 2.24) is 0 Å². The van der Waals surface area contributed by atoms with Gasteiger partial charge in [0.15, 0.2) is 0 Å². The monoisotopic (exact) mass is 403 g/mol. The Morgan fingerprint density at radius 3 is 2.42 bits per heavy atom. The fraction of sp³-hybridized carbons (Fsp3) is 0.